The molecule has 4 heterocycles. The highest BCUT2D eigenvalue weighted by Crippen LogP contribution is 2.47. The number of pyridine rings is 1. The molecule has 1 aliphatic rings. The second-order valence-electron chi connectivity index (χ2n) is 24.9. The van der Waals surface area contributed by atoms with Gasteiger partial charge in [-0.15, -0.1) is 0 Å². The summed E-state index contributed by atoms with van der Waals surface area (Å²) in [5.74, 6) is 2.31. The topological polar surface area (TPSA) is 38.0 Å². The van der Waals surface area contributed by atoms with Gasteiger partial charge in [0.05, 0.1) is 39.4 Å². The lowest BCUT2D eigenvalue weighted by Gasteiger charge is -2.24. The summed E-state index contributed by atoms with van der Waals surface area (Å²) in [6.45, 7) is 27.4. The van der Waals surface area contributed by atoms with E-state index in [0.717, 1.165) is 73.1 Å². The maximum Gasteiger partial charge on any atom is 0.503 e. The molecule has 11 aromatic rings. The van der Waals surface area contributed by atoms with Gasteiger partial charge in [-0.05, 0) is 119 Å². The van der Waals surface area contributed by atoms with Gasteiger partial charge < -0.3 is 9.30 Å². The van der Waals surface area contributed by atoms with Crippen LogP contribution < -0.4 is 13.9 Å². The lowest BCUT2D eigenvalue weighted by atomic mass is 9.80. The third kappa shape index (κ3) is 8.42. The number of rotatable bonds is 7. The van der Waals surface area contributed by atoms with Crippen molar-refractivity contribution in [3.63, 3.8) is 0 Å². The monoisotopic (exact) mass is 994 g/mol. The second-order valence-corrected chi connectivity index (χ2v) is 24.9. The molecule has 0 saturated carbocycles. The fourth-order valence-corrected chi connectivity index (χ4v) is 11.1. The summed E-state index contributed by atoms with van der Waals surface area (Å²) in [4.78, 5) is 5.08. The average Bonchev–Trinajstić information content (AvgIpc) is 4.10. The van der Waals surface area contributed by atoms with Crippen LogP contribution in [-0.4, -0.2) is 20.1 Å². The number of hydrogen-bond acceptors (Lipinski definition) is 2. The molecule has 0 N–H and O–H groups in total. The van der Waals surface area contributed by atoms with Gasteiger partial charge in [-0.25, -0.2) is 4.98 Å². The van der Waals surface area contributed by atoms with Crippen LogP contribution in [0.4, 0.5) is 22.7 Å². The smallest absolute Gasteiger partial charge is 0.457 e. The maximum atomic E-state index is 7.01. The Labute approximate surface area is 447 Å². The first-order valence-corrected chi connectivity index (χ1v) is 26.8. The van der Waals surface area contributed by atoms with Crippen molar-refractivity contribution in [2.75, 3.05) is 0 Å². The third-order valence-corrected chi connectivity index (χ3v) is 15.3. The van der Waals surface area contributed by atoms with Crippen LogP contribution in [0.3, 0.4) is 0 Å². The number of aromatic nitrogens is 3. The summed E-state index contributed by atoms with van der Waals surface area (Å²) in [6, 6.07) is 70.1. The fraction of sp³-hybridized carbons (Fsp3) is 0.229. The molecule has 0 aliphatic carbocycles. The van der Waals surface area contributed by atoms with E-state index in [0.29, 0.717) is 0 Å². The minimum absolute atomic E-state index is 0.00719. The standard InChI is InChI=1S/C70H67N5O/c1-67(2,3)46-22-17-21-45(37-46)54-27-19-32-62-66(54)73(51-39-48(69(7,8)9)38-49(40-51)70(10,11)12)44-72(62)50-23-18-24-52(42-50)76-53-33-34-57-63(43-53)75(64-41-47(35-36-71-64)68(4,5)6)61-31-20-30-60(65(57)61)74-58-28-15-13-25-55(58)56-26-14-16-29-59(56)74/h13-43H,1-12H3/q+2. The molecule has 376 valence electrons. The predicted octanol–water partition coefficient (Wildman–Crippen LogP) is 18.8. The minimum atomic E-state index is -0.0731. The van der Waals surface area contributed by atoms with Crippen molar-refractivity contribution >= 4 is 72.4 Å². The summed E-state index contributed by atoms with van der Waals surface area (Å²) in [5.41, 5.74) is 16.9. The molecule has 3 aromatic heterocycles. The SMILES string of the molecule is CC(C)(C)c1cccc(-c2cccc3c2[N+](c2cc(C(C)(C)C)cc(C(C)(C)C)c2)=C=[N+]3c2cccc(Oc3ccc4c5c(-n6c7ccccc7c7ccccc76)cccc5n(-c5cc(C(C)(C)C)ccn5)c4c3)c2)c1. The van der Waals surface area contributed by atoms with Gasteiger partial charge in [-0.1, -0.05) is 168 Å². The molecule has 76 heavy (non-hydrogen) atoms. The van der Waals surface area contributed by atoms with Crippen LogP contribution in [0.1, 0.15) is 105 Å². The van der Waals surface area contributed by atoms with Gasteiger partial charge in [0.15, 0.2) is 0 Å². The largest absolute Gasteiger partial charge is 0.503 e. The zero-order valence-electron chi connectivity index (χ0n) is 46.0. The Kier molecular flexibility index (Phi) is 11.3. The molecule has 0 fully saturated rings. The molecule has 6 heteroatoms. The molecular weight excluding hydrogens is 927 g/mol. The lowest BCUT2D eigenvalue weighted by molar-refractivity contribution is 0.483. The fourth-order valence-electron chi connectivity index (χ4n) is 11.1. The molecule has 0 atom stereocenters. The summed E-state index contributed by atoms with van der Waals surface area (Å²) >= 11 is 0. The zero-order chi connectivity index (χ0) is 53.1. The lowest BCUT2D eigenvalue weighted by Crippen LogP contribution is -2.17. The normalized spacial score (nSPS) is 13.2. The van der Waals surface area contributed by atoms with Crippen molar-refractivity contribution in [3.8, 4) is 34.1 Å². The van der Waals surface area contributed by atoms with Crippen LogP contribution >= 0.6 is 0 Å². The Morgan fingerprint density at radius 3 is 1.71 bits per heavy atom. The van der Waals surface area contributed by atoms with Crippen molar-refractivity contribution in [3.05, 3.63) is 210 Å². The molecule has 0 amide bonds. The highest BCUT2D eigenvalue weighted by Gasteiger charge is 2.41. The first-order valence-electron chi connectivity index (χ1n) is 26.8. The Morgan fingerprint density at radius 2 is 1.03 bits per heavy atom. The number of ether oxygens (including phenoxy) is 1. The average molecular weight is 994 g/mol. The van der Waals surface area contributed by atoms with E-state index in [1.54, 1.807) is 0 Å². The Hall–Kier alpha value is -8.31. The summed E-state index contributed by atoms with van der Waals surface area (Å²) in [7, 11) is 0. The number of nitrogens with zero attached hydrogens (tertiary/aromatic N) is 5. The molecule has 8 aromatic carbocycles. The molecular formula is C70H67N5O+2. The number of fused-ring (bicyclic) bond motifs is 7. The van der Waals surface area contributed by atoms with E-state index in [-0.39, 0.29) is 21.7 Å². The minimum Gasteiger partial charge on any atom is -0.457 e. The molecule has 0 bridgehead atoms. The second kappa shape index (κ2) is 17.7. The quantitative estimate of drug-likeness (QED) is 0.149. The van der Waals surface area contributed by atoms with E-state index in [1.807, 2.05) is 12.3 Å². The van der Waals surface area contributed by atoms with Gasteiger partial charge in [-0.3, -0.25) is 4.57 Å². The van der Waals surface area contributed by atoms with Gasteiger partial charge in [0.1, 0.15) is 17.3 Å². The van der Waals surface area contributed by atoms with Gasteiger partial charge in [0, 0.05) is 58.1 Å². The van der Waals surface area contributed by atoms with E-state index in [4.69, 9.17) is 9.72 Å². The summed E-state index contributed by atoms with van der Waals surface area (Å²) in [5, 5.41) is 4.72. The number of hydrogen-bond donors (Lipinski definition) is 0. The van der Waals surface area contributed by atoms with Crippen molar-refractivity contribution < 1.29 is 4.74 Å². The van der Waals surface area contributed by atoms with E-state index in [1.165, 1.54) is 49.6 Å². The maximum absolute atomic E-state index is 7.01. The van der Waals surface area contributed by atoms with Crippen LogP contribution in [-0.2, 0) is 21.7 Å². The predicted molar refractivity (Wildman–Crippen MR) is 320 cm³/mol. The molecule has 12 rings (SSSR count). The molecule has 0 unspecified atom stereocenters. The van der Waals surface area contributed by atoms with E-state index in [2.05, 4.69) is 283 Å². The van der Waals surface area contributed by atoms with Crippen molar-refractivity contribution in [1.82, 2.24) is 23.3 Å². The van der Waals surface area contributed by atoms with Crippen LogP contribution in [0.5, 0.6) is 11.5 Å². The molecule has 0 saturated heterocycles. The van der Waals surface area contributed by atoms with Crippen LogP contribution in [0.2, 0.25) is 0 Å². The van der Waals surface area contributed by atoms with Crippen molar-refractivity contribution in [1.29, 1.82) is 0 Å². The van der Waals surface area contributed by atoms with Gasteiger partial charge in [-0.2, -0.15) is 0 Å². The Morgan fingerprint density at radius 1 is 0.421 bits per heavy atom. The highest BCUT2D eigenvalue weighted by atomic mass is 16.5. The molecule has 1 aliphatic heterocycles. The van der Waals surface area contributed by atoms with Crippen LogP contribution in [0.15, 0.2) is 188 Å². The van der Waals surface area contributed by atoms with E-state index >= 15 is 0 Å². The molecule has 0 spiro atoms. The summed E-state index contributed by atoms with van der Waals surface area (Å²) in [6.07, 6.45) is 1.94. The highest BCUT2D eigenvalue weighted by molar-refractivity contribution is 6.16. The first-order chi connectivity index (χ1) is 36.2. The molecule has 6 nitrogen and oxygen atoms in total. The van der Waals surface area contributed by atoms with Crippen LogP contribution in [0.25, 0.3) is 66.2 Å². The Bertz CT molecular complexity index is 4140. The zero-order valence-corrected chi connectivity index (χ0v) is 46.0. The van der Waals surface area contributed by atoms with Gasteiger partial charge in [0.25, 0.3) is 5.69 Å². The van der Waals surface area contributed by atoms with E-state index < -0.39 is 0 Å². The van der Waals surface area contributed by atoms with E-state index in [9.17, 15) is 0 Å². The number of benzene rings is 8. The number of para-hydroxylation sites is 3. The van der Waals surface area contributed by atoms with Crippen LogP contribution in [0, 0.1) is 0 Å². The summed E-state index contributed by atoms with van der Waals surface area (Å²) < 4.78 is 16.2. The third-order valence-electron chi connectivity index (χ3n) is 15.3. The molecule has 0 radical (unpaired) electrons. The van der Waals surface area contributed by atoms with Gasteiger partial charge in [0.2, 0.25) is 11.4 Å². The Balaban J connectivity index is 1.03. The first kappa shape index (κ1) is 48.6. The van der Waals surface area contributed by atoms with Gasteiger partial charge >= 0.3 is 11.7 Å². The van der Waals surface area contributed by atoms with Crippen molar-refractivity contribution in [2.24, 2.45) is 0 Å². The van der Waals surface area contributed by atoms with Crippen molar-refractivity contribution in [2.45, 2.75) is 105 Å².